The van der Waals surface area contributed by atoms with E-state index in [1.165, 1.54) is 0 Å². The molecule has 25 heavy (non-hydrogen) atoms. The molecule has 0 saturated carbocycles. The van der Waals surface area contributed by atoms with Gasteiger partial charge in [0.1, 0.15) is 17.1 Å². The number of rotatable bonds is 5. The van der Waals surface area contributed by atoms with E-state index in [0.29, 0.717) is 12.2 Å². The van der Waals surface area contributed by atoms with Gasteiger partial charge in [-0.1, -0.05) is 24.3 Å². The summed E-state index contributed by atoms with van der Waals surface area (Å²) in [5.74, 6) is 1.48. The number of nitrogen functional groups attached to an aromatic ring is 1. The van der Waals surface area contributed by atoms with Crippen LogP contribution >= 0.6 is 0 Å². The maximum absolute atomic E-state index is 11.5. The maximum Gasteiger partial charge on any atom is 0.407 e. The summed E-state index contributed by atoms with van der Waals surface area (Å²) in [7, 11) is 0. The lowest BCUT2D eigenvalue weighted by Crippen LogP contribution is -2.32. The molecule has 2 aromatic rings. The first kappa shape index (κ1) is 18.4. The third-order valence-corrected chi connectivity index (χ3v) is 3.07. The Balaban J connectivity index is 1.81. The van der Waals surface area contributed by atoms with Crippen LogP contribution < -0.4 is 15.8 Å². The molecule has 5 heteroatoms. The zero-order valence-electron chi connectivity index (χ0n) is 14.8. The second kappa shape index (κ2) is 8.24. The number of carbonyl (C=O) groups is 1. The summed E-state index contributed by atoms with van der Waals surface area (Å²) in [5.41, 5.74) is 6.87. The number of hydrogen-bond donors (Lipinski definition) is 2. The van der Waals surface area contributed by atoms with Crippen molar-refractivity contribution in [1.82, 2.24) is 5.32 Å². The minimum Gasteiger partial charge on any atom is -0.457 e. The van der Waals surface area contributed by atoms with E-state index < -0.39 is 11.7 Å². The highest BCUT2D eigenvalue weighted by Gasteiger charge is 2.14. The van der Waals surface area contributed by atoms with Gasteiger partial charge in [0.25, 0.3) is 0 Å². The molecule has 0 saturated heterocycles. The molecule has 132 valence electrons. The van der Waals surface area contributed by atoms with Gasteiger partial charge in [-0.05, 0) is 62.7 Å². The minimum atomic E-state index is -0.492. The van der Waals surface area contributed by atoms with Crippen LogP contribution in [0.2, 0.25) is 0 Å². The number of hydrogen-bond acceptors (Lipinski definition) is 4. The molecule has 0 radical (unpaired) electrons. The Hall–Kier alpha value is -2.95. The summed E-state index contributed by atoms with van der Waals surface area (Å²) in [6, 6.07) is 14.9. The van der Waals surface area contributed by atoms with Gasteiger partial charge < -0.3 is 20.5 Å². The Kier molecular flexibility index (Phi) is 6.06. The van der Waals surface area contributed by atoms with Crippen LogP contribution in [0.5, 0.6) is 11.5 Å². The maximum atomic E-state index is 11.5. The zero-order valence-corrected chi connectivity index (χ0v) is 14.8. The van der Waals surface area contributed by atoms with Crippen molar-refractivity contribution in [2.45, 2.75) is 26.4 Å². The Morgan fingerprint density at radius 2 is 1.60 bits per heavy atom. The molecule has 0 heterocycles. The Bertz CT molecular complexity index is 714. The fourth-order valence-electron chi connectivity index (χ4n) is 1.97. The molecule has 0 aliphatic heterocycles. The molecule has 0 spiro atoms. The van der Waals surface area contributed by atoms with Crippen LogP contribution in [0.4, 0.5) is 10.5 Å². The van der Waals surface area contributed by atoms with Gasteiger partial charge in [-0.25, -0.2) is 4.79 Å². The number of carbonyl (C=O) groups excluding carboxylic acids is 1. The quantitative estimate of drug-likeness (QED) is 0.780. The first-order valence-corrected chi connectivity index (χ1v) is 8.09. The van der Waals surface area contributed by atoms with Crippen molar-refractivity contribution in [2.24, 2.45) is 0 Å². The third-order valence-electron chi connectivity index (χ3n) is 3.07. The molecule has 3 N–H and O–H groups in total. The molecule has 0 aliphatic rings. The molecule has 0 aromatic heterocycles. The lowest BCUT2D eigenvalue weighted by molar-refractivity contribution is 0.0534. The van der Waals surface area contributed by atoms with Gasteiger partial charge >= 0.3 is 6.09 Å². The standard InChI is InChI=1S/C20H24N2O3/c1-20(2,3)25-19(23)22-14-4-5-15-6-10-17(11-7-15)24-18-12-8-16(21)9-13-18/h4-13H,14,21H2,1-3H3,(H,22,23). The van der Waals surface area contributed by atoms with Crippen molar-refractivity contribution in [1.29, 1.82) is 0 Å². The number of nitrogens with one attached hydrogen (secondary N) is 1. The van der Waals surface area contributed by atoms with Crippen molar-refractivity contribution in [3.8, 4) is 11.5 Å². The predicted molar refractivity (Wildman–Crippen MR) is 101 cm³/mol. The lowest BCUT2D eigenvalue weighted by Gasteiger charge is -2.19. The highest BCUT2D eigenvalue weighted by Crippen LogP contribution is 2.22. The zero-order chi connectivity index (χ0) is 18.3. The monoisotopic (exact) mass is 340 g/mol. The molecule has 0 unspecified atom stereocenters. The van der Waals surface area contributed by atoms with Gasteiger partial charge in [0.15, 0.2) is 0 Å². The minimum absolute atomic E-state index is 0.401. The van der Waals surface area contributed by atoms with E-state index in [9.17, 15) is 4.79 Å². The van der Waals surface area contributed by atoms with Crippen LogP contribution in [0.1, 0.15) is 26.3 Å². The lowest BCUT2D eigenvalue weighted by atomic mass is 10.2. The summed E-state index contributed by atoms with van der Waals surface area (Å²) >= 11 is 0. The molecule has 2 rings (SSSR count). The van der Waals surface area contributed by atoms with E-state index in [2.05, 4.69) is 5.32 Å². The molecule has 0 fully saturated rings. The average molecular weight is 340 g/mol. The fourth-order valence-corrected chi connectivity index (χ4v) is 1.97. The summed E-state index contributed by atoms with van der Waals surface area (Å²) in [5, 5.41) is 2.68. The van der Waals surface area contributed by atoms with Crippen LogP contribution in [0.3, 0.4) is 0 Å². The number of amides is 1. The number of anilines is 1. The smallest absolute Gasteiger partial charge is 0.407 e. The van der Waals surface area contributed by atoms with Gasteiger partial charge in [-0.15, -0.1) is 0 Å². The molecular formula is C20H24N2O3. The van der Waals surface area contributed by atoms with E-state index in [0.717, 1.165) is 17.1 Å². The Morgan fingerprint density at radius 1 is 1.04 bits per heavy atom. The number of ether oxygens (including phenoxy) is 2. The van der Waals surface area contributed by atoms with Crippen LogP contribution in [0.15, 0.2) is 54.6 Å². The number of benzene rings is 2. The molecule has 5 nitrogen and oxygen atoms in total. The van der Waals surface area contributed by atoms with Crippen LogP contribution in [-0.4, -0.2) is 18.2 Å². The molecule has 0 atom stereocenters. The molecular weight excluding hydrogens is 316 g/mol. The summed E-state index contributed by atoms with van der Waals surface area (Å²) < 4.78 is 10.9. The van der Waals surface area contributed by atoms with Crippen molar-refractivity contribution >= 4 is 17.9 Å². The highest BCUT2D eigenvalue weighted by molar-refractivity contribution is 5.68. The Labute approximate surface area is 148 Å². The van der Waals surface area contributed by atoms with Crippen molar-refractivity contribution in [3.05, 3.63) is 60.2 Å². The SMILES string of the molecule is CC(C)(C)OC(=O)NCC=Cc1ccc(Oc2ccc(N)cc2)cc1. The first-order chi connectivity index (χ1) is 11.8. The summed E-state index contributed by atoms with van der Waals surface area (Å²) in [6.45, 7) is 5.89. The van der Waals surface area contributed by atoms with E-state index in [1.807, 2.05) is 69.3 Å². The molecule has 0 bridgehead atoms. The Morgan fingerprint density at radius 3 is 2.16 bits per heavy atom. The fraction of sp³-hybridized carbons (Fsp3) is 0.250. The van der Waals surface area contributed by atoms with Crippen LogP contribution in [0.25, 0.3) is 6.08 Å². The molecule has 0 aliphatic carbocycles. The number of alkyl carbamates (subject to hydrolysis) is 1. The highest BCUT2D eigenvalue weighted by atomic mass is 16.6. The summed E-state index contributed by atoms with van der Waals surface area (Å²) in [6.07, 6.45) is 3.36. The van der Waals surface area contributed by atoms with E-state index in [1.54, 1.807) is 12.1 Å². The second-order valence-electron chi connectivity index (χ2n) is 6.53. The predicted octanol–water partition coefficient (Wildman–Crippen LogP) is 4.60. The number of nitrogens with two attached hydrogens (primary N) is 1. The van der Waals surface area contributed by atoms with Crippen LogP contribution in [-0.2, 0) is 4.74 Å². The molecule has 1 amide bonds. The van der Waals surface area contributed by atoms with Gasteiger partial charge in [0.05, 0.1) is 0 Å². The van der Waals surface area contributed by atoms with Gasteiger partial charge in [0.2, 0.25) is 0 Å². The van der Waals surface area contributed by atoms with Crippen molar-refractivity contribution in [3.63, 3.8) is 0 Å². The van der Waals surface area contributed by atoms with E-state index in [4.69, 9.17) is 15.2 Å². The van der Waals surface area contributed by atoms with Gasteiger partial charge in [0, 0.05) is 12.2 Å². The second-order valence-corrected chi connectivity index (χ2v) is 6.53. The van der Waals surface area contributed by atoms with E-state index >= 15 is 0 Å². The molecule has 2 aromatic carbocycles. The van der Waals surface area contributed by atoms with E-state index in [-0.39, 0.29) is 0 Å². The van der Waals surface area contributed by atoms with Crippen molar-refractivity contribution in [2.75, 3.05) is 12.3 Å². The van der Waals surface area contributed by atoms with Gasteiger partial charge in [-0.2, -0.15) is 0 Å². The topological polar surface area (TPSA) is 73.6 Å². The normalized spacial score (nSPS) is 11.3. The van der Waals surface area contributed by atoms with Gasteiger partial charge in [-0.3, -0.25) is 0 Å². The third kappa shape index (κ3) is 6.99. The summed E-state index contributed by atoms with van der Waals surface area (Å²) in [4.78, 5) is 11.5. The first-order valence-electron chi connectivity index (χ1n) is 8.09. The van der Waals surface area contributed by atoms with Crippen LogP contribution in [0, 0.1) is 0 Å². The largest absolute Gasteiger partial charge is 0.457 e. The van der Waals surface area contributed by atoms with Crippen molar-refractivity contribution < 1.29 is 14.3 Å². The average Bonchev–Trinajstić information content (AvgIpc) is 2.54.